The molecule has 7 rings (SSSR count). The summed E-state index contributed by atoms with van der Waals surface area (Å²) in [5.74, 6) is 0. The number of fused-ring (bicyclic) bond motifs is 4. The minimum Gasteiger partial charge on any atom is -0.134 e. The molecule has 0 N–H and O–H groups in total. The first-order valence-electron chi connectivity index (χ1n) is 12.8. The van der Waals surface area contributed by atoms with Crippen molar-refractivity contribution in [2.45, 2.75) is 13.3 Å². The van der Waals surface area contributed by atoms with Crippen molar-refractivity contribution in [1.82, 2.24) is 0 Å². The Morgan fingerprint density at radius 3 is 2.14 bits per heavy atom. The van der Waals surface area contributed by atoms with E-state index >= 15 is 0 Å². The Balaban J connectivity index is 1.30. The fraction of sp³-hybridized carbons (Fsp3) is 0.0556. The maximum atomic E-state index is 2.34. The second kappa shape index (κ2) is 9.03. The summed E-state index contributed by atoms with van der Waals surface area (Å²) in [7, 11) is 0. The van der Waals surface area contributed by atoms with Gasteiger partial charge in [0.05, 0.1) is 0 Å². The van der Waals surface area contributed by atoms with Crippen molar-refractivity contribution in [3.05, 3.63) is 144 Å². The minimum atomic E-state index is 0.920. The van der Waals surface area contributed by atoms with Gasteiger partial charge in [0.25, 0.3) is 0 Å². The molecule has 0 atom stereocenters. The monoisotopic (exact) mass is 490 g/mol. The highest BCUT2D eigenvalue weighted by atomic mass is 32.1. The van der Waals surface area contributed by atoms with Crippen molar-refractivity contribution < 1.29 is 0 Å². The van der Waals surface area contributed by atoms with Crippen molar-refractivity contribution in [2.75, 3.05) is 0 Å². The molecule has 1 heterocycles. The third-order valence-electron chi connectivity index (χ3n) is 7.45. The zero-order valence-corrected chi connectivity index (χ0v) is 21.6. The third-order valence-corrected chi connectivity index (χ3v) is 8.82. The molecule has 0 bridgehead atoms. The Morgan fingerprint density at radius 2 is 1.30 bits per heavy atom. The normalized spacial score (nSPS) is 11.5. The maximum absolute atomic E-state index is 2.34. The number of hydrogen-bond acceptors (Lipinski definition) is 1. The number of thiophene rings is 1. The number of benzene rings is 6. The molecule has 0 unspecified atom stereocenters. The summed E-state index contributed by atoms with van der Waals surface area (Å²) in [4.78, 5) is 0. The molecule has 1 aromatic heterocycles. The zero-order chi connectivity index (χ0) is 24.8. The first-order valence-corrected chi connectivity index (χ1v) is 13.6. The average Bonchev–Trinajstić information content (AvgIpc) is 3.35. The fourth-order valence-corrected chi connectivity index (χ4v) is 6.86. The van der Waals surface area contributed by atoms with Gasteiger partial charge in [-0.1, -0.05) is 121 Å². The molecule has 0 aliphatic carbocycles. The van der Waals surface area contributed by atoms with E-state index in [1.54, 1.807) is 0 Å². The molecule has 0 nitrogen and oxygen atoms in total. The van der Waals surface area contributed by atoms with E-state index in [9.17, 15) is 0 Å². The second-order valence-electron chi connectivity index (χ2n) is 9.83. The molecule has 0 saturated carbocycles. The van der Waals surface area contributed by atoms with Crippen molar-refractivity contribution in [3.63, 3.8) is 0 Å². The van der Waals surface area contributed by atoms with Crippen LogP contribution in [0.5, 0.6) is 0 Å². The quantitative estimate of drug-likeness (QED) is 0.230. The summed E-state index contributed by atoms with van der Waals surface area (Å²) in [5.41, 5.74) is 9.21. The van der Waals surface area contributed by atoms with Crippen LogP contribution in [0.3, 0.4) is 0 Å². The second-order valence-corrected chi connectivity index (χ2v) is 10.9. The van der Waals surface area contributed by atoms with Gasteiger partial charge in [-0.05, 0) is 69.1 Å². The van der Waals surface area contributed by atoms with E-state index in [0.717, 1.165) is 6.42 Å². The summed E-state index contributed by atoms with van der Waals surface area (Å²) < 4.78 is 2.79. The fourth-order valence-electron chi connectivity index (χ4n) is 5.51. The molecule has 0 radical (unpaired) electrons. The predicted octanol–water partition coefficient (Wildman–Crippen LogP) is 10.4. The zero-order valence-electron chi connectivity index (χ0n) is 20.7. The van der Waals surface area contributed by atoms with Crippen LogP contribution in [0.1, 0.15) is 16.7 Å². The molecule has 7 aromatic rings. The lowest BCUT2D eigenvalue weighted by Crippen LogP contribution is -1.91. The van der Waals surface area contributed by atoms with Gasteiger partial charge in [-0.25, -0.2) is 0 Å². The van der Waals surface area contributed by atoms with E-state index in [1.165, 1.54) is 69.9 Å². The highest BCUT2D eigenvalue weighted by Gasteiger charge is 2.15. The minimum absolute atomic E-state index is 0.920. The SMILES string of the molecule is Cc1cccc2c1sc1c(-c3ccccc3)ccc(Cc3ccc(-c4ccc5ccccc5c4)cc3)c12. The van der Waals surface area contributed by atoms with Gasteiger partial charge < -0.3 is 0 Å². The lowest BCUT2D eigenvalue weighted by molar-refractivity contribution is 1.22. The van der Waals surface area contributed by atoms with Gasteiger partial charge in [0.2, 0.25) is 0 Å². The molecule has 0 fully saturated rings. The van der Waals surface area contributed by atoms with E-state index < -0.39 is 0 Å². The van der Waals surface area contributed by atoms with Crippen LogP contribution in [0.2, 0.25) is 0 Å². The first kappa shape index (κ1) is 22.0. The Morgan fingerprint density at radius 1 is 0.541 bits per heavy atom. The van der Waals surface area contributed by atoms with Gasteiger partial charge in [0.15, 0.2) is 0 Å². The summed E-state index contributed by atoms with van der Waals surface area (Å²) in [6.07, 6.45) is 0.920. The van der Waals surface area contributed by atoms with Gasteiger partial charge in [-0.3, -0.25) is 0 Å². The summed E-state index contributed by atoms with van der Waals surface area (Å²) in [6, 6.07) is 46.6. The average molecular weight is 491 g/mol. The van der Waals surface area contributed by atoms with Crippen LogP contribution in [-0.2, 0) is 6.42 Å². The van der Waals surface area contributed by atoms with Gasteiger partial charge in [-0.2, -0.15) is 0 Å². The van der Waals surface area contributed by atoms with Crippen LogP contribution in [0.4, 0.5) is 0 Å². The molecule has 176 valence electrons. The van der Waals surface area contributed by atoms with Crippen molar-refractivity contribution in [1.29, 1.82) is 0 Å². The Kier molecular flexibility index (Phi) is 5.38. The van der Waals surface area contributed by atoms with Crippen molar-refractivity contribution in [2.24, 2.45) is 0 Å². The predicted molar refractivity (Wildman–Crippen MR) is 162 cm³/mol. The number of hydrogen-bond donors (Lipinski definition) is 0. The van der Waals surface area contributed by atoms with Crippen LogP contribution in [0.15, 0.2) is 127 Å². The molecule has 6 aromatic carbocycles. The molecule has 0 saturated heterocycles. The van der Waals surface area contributed by atoms with Crippen molar-refractivity contribution in [3.8, 4) is 22.3 Å². The molecular weight excluding hydrogens is 464 g/mol. The topological polar surface area (TPSA) is 0 Å². The van der Waals surface area contributed by atoms with E-state index in [2.05, 4.69) is 134 Å². The van der Waals surface area contributed by atoms with Gasteiger partial charge in [0.1, 0.15) is 0 Å². The van der Waals surface area contributed by atoms with Gasteiger partial charge in [0, 0.05) is 20.2 Å². The molecule has 0 amide bonds. The Hall–Kier alpha value is -4.20. The Labute approximate surface area is 221 Å². The highest BCUT2D eigenvalue weighted by Crippen LogP contribution is 2.43. The Bertz CT molecular complexity index is 1890. The van der Waals surface area contributed by atoms with Crippen LogP contribution < -0.4 is 0 Å². The summed E-state index contributed by atoms with van der Waals surface area (Å²) in [5, 5.41) is 5.35. The molecule has 0 spiro atoms. The number of rotatable bonds is 4. The van der Waals surface area contributed by atoms with E-state index in [-0.39, 0.29) is 0 Å². The largest absolute Gasteiger partial charge is 0.134 e. The van der Waals surface area contributed by atoms with Gasteiger partial charge in [-0.15, -0.1) is 11.3 Å². The first-order chi connectivity index (χ1) is 18.2. The van der Waals surface area contributed by atoms with Crippen LogP contribution >= 0.6 is 11.3 Å². The molecule has 0 aliphatic heterocycles. The maximum Gasteiger partial charge on any atom is 0.0436 e. The molecule has 37 heavy (non-hydrogen) atoms. The standard InChI is InChI=1S/C36H26S/c1-24-8-7-13-33-34-31(20-21-32(36(34)37-35(24)33)28-10-3-2-4-11-28)22-25-14-16-27(17-15-25)30-19-18-26-9-5-6-12-29(26)23-30/h2-21,23H,22H2,1H3. The lowest BCUT2D eigenvalue weighted by atomic mass is 9.94. The molecule has 1 heteroatoms. The molecule has 0 aliphatic rings. The van der Waals surface area contributed by atoms with E-state index in [0.29, 0.717) is 0 Å². The van der Waals surface area contributed by atoms with E-state index in [4.69, 9.17) is 0 Å². The van der Waals surface area contributed by atoms with Gasteiger partial charge >= 0.3 is 0 Å². The summed E-state index contributed by atoms with van der Waals surface area (Å²) >= 11 is 1.94. The smallest absolute Gasteiger partial charge is 0.0436 e. The lowest BCUT2D eigenvalue weighted by Gasteiger charge is -2.10. The third kappa shape index (κ3) is 3.93. The summed E-state index contributed by atoms with van der Waals surface area (Å²) in [6.45, 7) is 2.23. The van der Waals surface area contributed by atoms with Crippen LogP contribution in [0.25, 0.3) is 53.2 Å². The van der Waals surface area contributed by atoms with Crippen molar-refractivity contribution >= 4 is 42.3 Å². The highest BCUT2D eigenvalue weighted by molar-refractivity contribution is 7.26. The van der Waals surface area contributed by atoms with Crippen LogP contribution in [0, 0.1) is 6.92 Å². The molecular formula is C36H26S. The van der Waals surface area contributed by atoms with Crippen LogP contribution in [-0.4, -0.2) is 0 Å². The number of aryl methyl sites for hydroxylation is 1. The van der Waals surface area contributed by atoms with E-state index in [1.807, 2.05) is 11.3 Å².